The van der Waals surface area contributed by atoms with E-state index in [4.69, 9.17) is 4.74 Å². The smallest absolute Gasteiger partial charge is 0.232 e. The first-order chi connectivity index (χ1) is 14.2. The number of benzene rings is 3. The zero-order chi connectivity index (χ0) is 19.8. The van der Waals surface area contributed by atoms with Gasteiger partial charge in [-0.3, -0.25) is 4.98 Å². The van der Waals surface area contributed by atoms with Gasteiger partial charge in [0.2, 0.25) is 5.88 Å². The van der Waals surface area contributed by atoms with Crippen LogP contribution >= 0.6 is 0 Å². The number of hydrogen-bond donors (Lipinski definition) is 0. The van der Waals surface area contributed by atoms with Gasteiger partial charge in [0.25, 0.3) is 0 Å². The van der Waals surface area contributed by atoms with E-state index in [1.807, 2.05) is 0 Å². The largest absolute Gasteiger partial charge is 0.480 e. The van der Waals surface area contributed by atoms with Gasteiger partial charge in [0, 0.05) is 24.6 Å². The molecule has 1 atom stereocenters. The van der Waals surface area contributed by atoms with Crippen molar-refractivity contribution in [2.24, 2.45) is 0 Å². The molecule has 0 bridgehead atoms. The van der Waals surface area contributed by atoms with Gasteiger partial charge in [0.1, 0.15) is 0 Å². The molecule has 4 heteroatoms. The van der Waals surface area contributed by atoms with Crippen molar-refractivity contribution >= 4 is 10.8 Å². The Labute approximate surface area is 170 Å². The number of likely N-dealkylation sites (N-methyl/N-ethyl adjacent to an activating group) is 1. The summed E-state index contributed by atoms with van der Waals surface area (Å²) in [5.41, 5.74) is 6.02. The lowest BCUT2D eigenvalue weighted by Crippen LogP contribution is -2.31. The molecule has 5 rings (SSSR count). The van der Waals surface area contributed by atoms with Crippen LogP contribution in [0.5, 0.6) is 5.88 Å². The summed E-state index contributed by atoms with van der Waals surface area (Å²) in [7, 11) is 3.80. The average Bonchev–Trinajstić information content (AvgIpc) is 2.77. The van der Waals surface area contributed by atoms with Crippen molar-refractivity contribution in [1.29, 1.82) is 0 Å². The maximum atomic E-state index is 5.23. The second-order valence-corrected chi connectivity index (χ2v) is 7.72. The standard InChI is InChI=1S/C25H23N3O/c1-28-15-21-12-20(24-13-26-14-25(27-24)29-2)9-10-22(21)23(16-28)19-8-7-17-5-3-4-6-18(17)11-19/h3-14,23H,15-16H2,1-2H3. The Kier molecular flexibility index (Phi) is 4.49. The van der Waals surface area contributed by atoms with E-state index < -0.39 is 0 Å². The summed E-state index contributed by atoms with van der Waals surface area (Å²) >= 11 is 0. The van der Waals surface area contributed by atoms with Gasteiger partial charge in [0.05, 0.1) is 25.2 Å². The molecule has 0 aliphatic carbocycles. The van der Waals surface area contributed by atoms with Crippen molar-refractivity contribution in [2.75, 3.05) is 20.7 Å². The fourth-order valence-electron chi connectivity index (χ4n) is 4.30. The first kappa shape index (κ1) is 17.8. The predicted octanol–water partition coefficient (Wildman–Crippen LogP) is 4.88. The normalized spacial score (nSPS) is 16.6. The molecule has 4 aromatic rings. The molecular formula is C25H23N3O. The lowest BCUT2D eigenvalue weighted by molar-refractivity contribution is 0.295. The number of ether oxygens (including phenoxy) is 1. The van der Waals surface area contributed by atoms with Gasteiger partial charge in [-0.1, -0.05) is 54.6 Å². The van der Waals surface area contributed by atoms with E-state index in [0.717, 1.165) is 24.3 Å². The first-order valence-corrected chi connectivity index (χ1v) is 9.88. The van der Waals surface area contributed by atoms with Crippen LogP contribution in [0, 0.1) is 0 Å². The SMILES string of the molecule is COc1cncc(-c2ccc3c(c2)CN(C)CC3c2ccc3ccccc3c2)n1. The van der Waals surface area contributed by atoms with Gasteiger partial charge >= 0.3 is 0 Å². The molecule has 1 unspecified atom stereocenters. The molecule has 1 aliphatic rings. The van der Waals surface area contributed by atoms with Crippen LogP contribution in [-0.2, 0) is 6.54 Å². The van der Waals surface area contributed by atoms with Crippen molar-refractivity contribution in [3.63, 3.8) is 0 Å². The summed E-state index contributed by atoms with van der Waals surface area (Å²) in [4.78, 5) is 11.2. The highest BCUT2D eigenvalue weighted by molar-refractivity contribution is 5.83. The Balaban J connectivity index is 1.57. The lowest BCUT2D eigenvalue weighted by Gasteiger charge is -2.33. The minimum atomic E-state index is 0.360. The molecule has 29 heavy (non-hydrogen) atoms. The lowest BCUT2D eigenvalue weighted by atomic mass is 9.83. The van der Waals surface area contributed by atoms with E-state index in [0.29, 0.717) is 11.8 Å². The third-order valence-corrected chi connectivity index (χ3v) is 5.75. The molecule has 1 aromatic heterocycles. The average molecular weight is 381 g/mol. The van der Waals surface area contributed by atoms with Crippen molar-refractivity contribution in [3.8, 4) is 17.1 Å². The first-order valence-electron chi connectivity index (χ1n) is 9.88. The van der Waals surface area contributed by atoms with Crippen LogP contribution in [0.25, 0.3) is 22.0 Å². The molecule has 0 amide bonds. The van der Waals surface area contributed by atoms with Crippen LogP contribution in [0.2, 0.25) is 0 Å². The predicted molar refractivity (Wildman–Crippen MR) is 116 cm³/mol. The fraction of sp³-hybridized carbons (Fsp3) is 0.200. The van der Waals surface area contributed by atoms with Gasteiger partial charge in [-0.25, -0.2) is 4.98 Å². The fourth-order valence-corrected chi connectivity index (χ4v) is 4.30. The van der Waals surface area contributed by atoms with Crippen LogP contribution in [-0.4, -0.2) is 35.6 Å². The number of hydrogen-bond acceptors (Lipinski definition) is 4. The van der Waals surface area contributed by atoms with Gasteiger partial charge in [0.15, 0.2) is 0 Å². The highest BCUT2D eigenvalue weighted by atomic mass is 16.5. The second-order valence-electron chi connectivity index (χ2n) is 7.72. The van der Waals surface area contributed by atoms with Crippen molar-refractivity contribution in [3.05, 3.63) is 89.7 Å². The summed E-state index contributed by atoms with van der Waals surface area (Å²) in [6, 6.07) is 22.1. The quantitative estimate of drug-likeness (QED) is 0.507. The summed E-state index contributed by atoms with van der Waals surface area (Å²) in [6.07, 6.45) is 3.42. The van der Waals surface area contributed by atoms with Crippen LogP contribution in [0.3, 0.4) is 0 Å². The third-order valence-electron chi connectivity index (χ3n) is 5.75. The molecule has 0 N–H and O–H groups in total. The number of aromatic nitrogens is 2. The Morgan fingerprint density at radius 1 is 0.966 bits per heavy atom. The van der Waals surface area contributed by atoms with E-state index in [9.17, 15) is 0 Å². The molecule has 0 fully saturated rings. The Morgan fingerprint density at radius 3 is 2.69 bits per heavy atom. The van der Waals surface area contributed by atoms with E-state index >= 15 is 0 Å². The minimum Gasteiger partial charge on any atom is -0.480 e. The molecular weight excluding hydrogens is 358 g/mol. The molecule has 0 spiro atoms. The molecule has 0 radical (unpaired) electrons. The van der Waals surface area contributed by atoms with Crippen molar-refractivity contribution in [1.82, 2.24) is 14.9 Å². The summed E-state index contributed by atoms with van der Waals surface area (Å²) < 4.78 is 5.23. The summed E-state index contributed by atoms with van der Waals surface area (Å²) in [5, 5.41) is 2.58. The Morgan fingerprint density at radius 2 is 1.83 bits per heavy atom. The molecule has 0 saturated carbocycles. The highest BCUT2D eigenvalue weighted by Crippen LogP contribution is 2.36. The molecule has 1 aliphatic heterocycles. The number of fused-ring (bicyclic) bond motifs is 2. The van der Waals surface area contributed by atoms with Crippen LogP contribution in [0.4, 0.5) is 0 Å². The van der Waals surface area contributed by atoms with Crippen LogP contribution < -0.4 is 4.74 Å². The Hall–Kier alpha value is -3.24. The molecule has 144 valence electrons. The van der Waals surface area contributed by atoms with Gasteiger partial charge in [-0.15, -0.1) is 0 Å². The van der Waals surface area contributed by atoms with Crippen molar-refractivity contribution < 1.29 is 4.74 Å². The molecule has 4 nitrogen and oxygen atoms in total. The minimum absolute atomic E-state index is 0.360. The van der Waals surface area contributed by atoms with Crippen LogP contribution in [0.1, 0.15) is 22.6 Å². The third kappa shape index (κ3) is 3.36. The van der Waals surface area contributed by atoms with E-state index in [1.54, 1.807) is 19.5 Å². The second kappa shape index (κ2) is 7.30. The topological polar surface area (TPSA) is 38.2 Å². The zero-order valence-corrected chi connectivity index (χ0v) is 16.7. The number of nitrogens with zero attached hydrogens (tertiary/aromatic N) is 3. The highest BCUT2D eigenvalue weighted by Gasteiger charge is 2.25. The Bertz CT molecular complexity index is 1190. The molecule has 3 aromatic carbocycles. The van der Waals surface area contributed by atoms with E-state index in [-0.39, 0.29) is 0 Å². The van der Waals surface area contributed by atoms with E-state index in [1.165, 1.54) is 27.5 Å². The van der Waals surface area contributed by atoms with Crippen LogP contribution in [0.15, 0.2) is 73.1 Å². The molecule has 2 heterocycles. The monoisotopic (exact) mass is 381 g/mol. The van der Waals surface area contributed by atoms with E-state index in [2.05, 4.69) is 82.6 Å². The maximum absolute atomic E-state index is 5.23. The summed E-state index contributed by atoms with van der Waals surface area (Å²) in [5.74, 6) is 0.894. The van der Waals surface area contributed by atoms with Crippen molar-refractivity contribution in [2.45, 2.75) is 12.5 Å². The number of methoxy groups -OCH3 is 1. The van der Waals surface area contributed by atoms with Gasteiger partial charge in [-0.05, 0) is 40.6 Å². The maximum Gasteiger partial charge on any atom is 0.232 e. The molecule has 0 saturated heterocycles. The number of rotatable bonds is 3. The van der Waals surface area contributed by atoms with Gasteiger partial charge < -0.3 is 9.64 Å². The zero-order valence-electron chi connectivity index (χ0n) is 16.7. The van der Waals surface area contributed by atoms with Gasteiger partial charge in [-0.2, -0.15) is 0 Å². The summed E-state index contributed by atoms with van der Waals surface area (Å²) in [6.45, 7) is 1.95.